The highest BCUT2D eigenvalue weighted by atomic mass is 79.9. The Bertz CT molecular complexity index is 476. The van der Waals surface area contributed by atoms with Crippen molar-refractivity contribution in [2.45, 2.75) is 31.0 Å². The van der Waals surface area contributed by atoms with Crippen LogP contribution in [-0.4, -0.2) is 9.81 Å². The standard InChI is InChI=1S/C14H16BrN/c1-3-13(15)10(2)14-12-7-5-4-6-11(12)8-9-16-14/h4-10,13H,3H2,1-2H3. The van der Waals surface area contributed by atoms with Gasteiger partial charge in [-0.15, -0.1) is 0 Å². The lowest BCUT2D eigenvalue weighted by Crippen LogP contribution is -2.09. The molecule has 2 atom stereocenters. The lowest BCUT2D eigenvalue weighted by atomic mass is 9.97. The van der Waals surface area contributed by atoms with Gasteiger partial charge in [0.15, 0.2) is 0 Å². The summed E-state index contributed by atoms with van der Waals surface area (Å²) in [6.07, 6.45) is 3.02. The van der Waals surface area contributed by atoms with E-state index in [1.807, 2.05) is 6.20 Å². The lowest BCUT2D eigenvalue weighted by Gasteiger charge is -2.17. The Morgan fingerprint density at radius 1 is 1.25 bits per heavy atom. The number of aromatic nitrogens is 1. The number of hydrogen-bond acceptors (Lipinski definition) is 1. The lowest BCUT2D eigenvalue weighted by molar-refractivity contribution is 0.680. The van der Waals surface area contributed by atoms with Gasteiger partial charge < -0.3 is 0 Å². The van der Waals surface area contributed by atoms with Crippen LogP contribution in [0.2, 0.25) is 0 Å². The highest BCUT2D eigenvalue weighted by Crippen LogP contribution is 2.30. The summed E-state index contributed by atoms with van der Waals surface area (Å²) >= 11 is 3.72. The molecule has 1 aromatic heterocycles. The van der Waals surface area contributed by atoms with Crippen LogP contribution in [-0.2, 0) is 0 Å². The van der Waals surface area contributed by atoms with Crippen molar-refractivity contribution in [1.29, 1.82) is 0 Å². The second kappa shape index (κ2) is 4.96. The van der Waals surface area contributed by atoms with E-state index in [-0.39, 0.29) is 0 Å². The first-order valence-electron chi connectivity index (χ1n) is 5.71. The van der Waals surface area contributed by atoms with E-state index in [2.05, 4.69) is 65.1 Å². The molecular formula is C14H16BrN. The Hall–Kier alpha value is -0.890. The molecule has 2 rings (SSSR count). The van der Waals surface area contributed by atoms with Crippen LogP contribution < -0.4 is 0 Å². The molecular weight excluding hydrogens is 262 g/mol. The summed E-state index contributed by atoms with van der Waals surface area (Å²) in [5.41, 5.74) is 1.20. The Morgan fingerprint density at radius 3 is 2.75 bits per heavy atom. The normalized spacial score (nSPS) is 14.9. The Labute approximate surface area is 105 Å². The van der Waals surface area contributed by atoms with Crippen molar-refractivity contribution >= 4 is 26.7 Å². The van der Waals surface area contributed by atoms with Crippen LogP contribution in [0.15, 0.2) is 36.5 Å². The fourth-order valence-electron chi connectivity index (χ4n) is 2.03. The smallest absolute Gasteiger partial charge is 0.0521 e. The third-order valence-corrected chi connectivity index (χ3v) is 4.51. The van der Waals surface area contributed by atoms with E-state index in [1.54, 1.807) is 0 Å². The first-order chi connectivity index (χ1) is 7.74. The maximum Gasteiger partial charge on any atom is 0.0521 e. The molecule has 0 aliphatic carbocycles. The molecule has 0 radical (unpaired) electrons. The topological polar surface area (TPSA) is 12.9 Å². The molecule has 1 heterocycles. The average molecular weight is 278 g/mol. The number of nitrogens with zero attached hydrogens (tertiary/aromatic N) is 1. The molecule has 2 heteroatoms. The quantitative estimate of drug-likeness (QED) is 0.753. The molecule has 1 aromatic carbocycles. The zero-order chi connectivity index (χ0) is 11.5. The van der Waals surface area contributed by atoms with Gasteiger partial charge in [-0.25, -0.2) is 0 Å². The zero-order valence-corrected chi connectivity index (χ0v) is 11.2. The highest BCUT2D eigenvalue weighted by Gasteiger charge is 2.17. The van der Waals surface area contributed by atoms with E-state index in [0.717, 1.165) is 6.42 Å². The van der Waals surface area contributed by atoms with Crippen molar-refractivity contribution in [2.75, 3.05) is 0 Å². The minimum atomic E-state index is 0.441. The third-order valence-electron chi connectivity index (χ3n) is 3.07. The Balaban J connectivity index is 2.52. The molecule has 0 bridgehead atoms. The van der Waals surface area contributed by atoms with E-state index in [4.69, 9.17) is 0 Å². The molecule has 0 aliphatic rings. The van der Waals surface area contributed by atoms with Crippen LogP contribution in [0.25, 0.3) is 10.8 Å². The average Bonchev–Trinajstić information content (AvgIpc) is 2.36. The molecule has 0 N–H and O–H groups in total. The summed E-state index contributed by atoms with van der Waals surface area (Å²) in [5.74, 6) is 0.441. The van der Waals surface area contributed by atoms with Gasteiger partial charge >= 0.3 is 0 Å². The van der Waals surface area contributed by atoms with Gasteiger partial charge in [-0.2, -0.15) is 0 Å². The van der Waals surface area contributed by atoms with E-state index >= 15 is 0 Å². The largest absolute Gasteiger partial charge is 0.260 e. The predicted molar refractivity (Wildman–Crippen MR) is 73.2 cm³/mol. The first kappa shape index (κ1) is 11.6. The summed E-state index contributed by atoms with van der Waals surface area (Å²) in [7, 11) is 0. The number of alkyl halides is 1. The van der Waals surface area contributed by atoms with Crippen molar-refractivity contribution in [2.24, 2.45) is 0 Å². The molecule has 0 aliphatic heterocycles. The van der Waals surface area contributed by atoms with Crippen LogP contribution in [0.4, 0.5) is 0 Å². The third kappa shape index (κ3) is 2.12. The number of pyridine rings is 1. The minimum absolute atomic E-state index is 0.441. The van der Waals surface area contributed by atoms with Gasteiger partial charge in [-0.1, -0.05) is 54.0 Å². The van der Waals surface area contributed by atoms with Crippen molar-refractivity contribution in [1.82, 2.24) is 4.98 Å². The number of halogens is 1. The van der Waals surface area contributed by atoms with Crippen molar-refractivity contribution < 1.29 is 0 Å². The Kier molecular flexibility index (Phi) is 3.59. The molecule has 0 saturated carbocycles. The van der Waals surface area contributed by atoms with E-state index < -0.39 is 0 Å². The molecule has 2 aromatic rings. The predicted octanol–water partition coefficient (Wildman–Crippen LogP) is 4.51. The van der Waals surface area contributed by atoms with Crippen LogP contribution >= 0.6 is 15.9 Å². The van der Waals surface area contributed by atoms with E-state index in [0.29, 0.717) is 10.7 Å². The first-order valence-corrected chi connectivity index (χ1v) is 6.63. The van der Waals surface area contributed by atoms with Crippen LogP contribution in [0.1, 0.15) is 31.9 Å². The number of rotatable bonds is 3. The summed E-state index contributed by atoms with van der Waals surface area (Å²) < 4.78 is 0. The van der Waals surface area contributed by atoms with Gasteiger partial charge in [0.25, 0.3) is 0 Å². The molecule has 84 valence electrons. The number of fused-ring (bicyclic) bond motifs is 1. The van der Waals surface area contributed by atoms with Crippen LogP contribution in [0.5, 0.6) is 0 Å². The fourth-order valence-corrected chi connectivity index (χ4v) is 2.28. The second-order valence-electron chi connectivity index (χ2n) is 4.13. The van der Waals surface area contributed by atoms with E-state index in [9.17, 15) is 0 Å². The molecule has 0 spiro atoms. The zero-order valence-electron chi connectivity index (χ0n) is 9.65. The van der Waals surface area contributed by atoms with E-state index in [1.165, 1.54) is 16.5 Å². The monoisotopic (exact) mass is 277 g/mol. The maximum atomic E-state index is 4.55. The molecule has 2 unspecified atom stereocenters. The van der Waals surface area contributed by atoms with Gasteiger partial charge in [0.05, 0.1) is 5.69 Å². The van der Waals surface area contributed by atoms with Gasteiger partial charge in [0.1, 0.15) is 0 Å². The minimum Gasteiger partial charge on any atom is -0.260 e. The molecule has 0 fully saturated rings. The molecule has 0 saturated heterocycles. The SMILES string of the molecule is CCC(Br)C(C)c1nccc2ccccc12. The van der Waals surface area contributed by atoms with Crippen molar-refractivity contribution in [3.8, 4) is 0 Å². The van der Waals surface area contributed by atoms with Gasteiger partial charge in [-0.3, -0.25) is 4.98 Å². The Morgan fingerprint density at radius 2 is 2.00 bits per heavy atom. The molecule has 1 nitrogen and oxygen atoms in total. The molecule has 0 amide bonds. The number of hydrogen-bond donors (Lipinski definition) is 0. The fraction of sp³-hybridized carbons (Fsp3) is 0.357. The van der Waals surface area contributed by atoms with Crippen LogP contribution in [0.3, 0.4) is 0 Å². The summed E-state index contributed by atoms with van der Waals surface area (Å²) in [6, 6.07) is 10.5. The van der Waals surface area contributed by atoms with Gasteiger partial charge in [0, 0.05) is 22.3 Å². The second-order valence-corrected chi connectivity index (χ2v) is 5.31. The highest BCUT2D eigenvalue weighted by molar-refractivity contribution is 9.09. The van der Waals surface area contributed by atoms with Gasteiger partial charge in [-0.05, 0) is 17.9 Å². The maximum absolute atomic E-state index is 4.55. The summed E-state index contributed by atoms with van der Waals surface area (Å²) in [4.78, 5) is 5.04. The van der Waals surface area contributed by atoms with Crippen molar-refractivity contribution in [3.63, 3.8) is 0 Å². The van der Waals surface area contributed by atoms with Crippen LogP contribution in [0, 0.1) is 0 Å². The number of benzene rings is 1. The summed E-state index contributed by atoms with van der Waals surface area (Å²) in [5, 5.41) is 2.55. The van der Waals surface area contributed by atoms with Crippen molar-refractivity contribution in [3.05, 3.63) is 42.2 Å². The molecule has 16 heavy (non-hydrogen) atoms. The summed E-state index contributed by atoms with van der Waals surface area (Å²) in [6.45, 7) is 4.43. The van der Waals surface area contributed by atoms with Gasteiger partial charge in [0.2, 0.25) is 0 Å².